The second kappa shape index (κ2) is 5.85. The van der Waals surface area contributed by atoms with Crippen molar-refractivity contribution in [3.63, 3.8) is 0 Å². The fourth-order valence-electron chi connectivity index (χ4n) is 2.13. The van der Waals surface area contributed by atoms with Crippen molar-refractivity contribution in [2.75, 3.05) is 23.3 Å². The van der Waals surface area contributed by atoms with Crippen LogP contribution in [-0.2, 0) is 4.79 Å². The molecule has 98 valence electrons. The number of rotatable bonds is 5. The van der Waals surface area contributed by atoms with Crippen LogP contribution in [0.2, 0.25) is 0 Å². The van der Waals surface area contributed by atoms with Crippen molar-refractivity contribution in [1.29, 1.82) is 0 Å². The van der Waals surface area contributed by atoms with E-state index in [2.05, 4.69) is 29.0 Å². The SMILES string of the molecule is CCN(CC)c1ccc(NC(=O)C2CCC2)nc1. The van der Waals surface area contributed by atoms with Gasteiger partial charge in [-0.05, 0) is 38.8 Å². The highest BCUT2D eigenvalue weighted by atomic mass is 16.2. The molecule has 0 bridgehead atoms. The molecule has 0 spiro atoms. The number of hydrogen-bond acceptors (Lipinski definition) is 3. The lowest BCUT2D eigenvalue weighted by molar-refractivity contribution is -0.122. The largest absolute Gasteiger partial charge is 0.371 e. The highest BCUT2D eigenvalue weighted by Gasteiger charge is 2.25. The van der Waals surface area contributed by atoms with Crippen LogP contribution in [0.25, 0.3) is 0 Å². The predicted molar refractivity (Wildman–Crippen MR) is 73.8 cm³/mol. The van der Waals surface area contributed by atoms with Gasteiger partial charge in [0.25, 0.3) is 0 Å². The van der Waals surface area contributed by atoms with Crippen molar-refractivity contribution in [2.45, 2.75) is 33.1 Å². The number of pyridine rings is 1. The zero-order chi connectivity index (χ0) is 13.0. The first-order chi connectivity index (χ1) is 8.74. The number of amides is 1. The summed E-state index contributed by atoms with van der Waals surface area (Å²) in [6.45, 7) is 6.17. The average Bonchev–Trinajstić information content (AvgIpc) is 2.30. The standard InChI is InChI=1S/C14H21N3O/c1-3-17(4-2)12-8-9-13(15-10-12)16-14(18)11-6-5-7-11/h8-11H,3-7H2,1-2H3,(H,15,16,18). The van der Waals surface area contributed by atoms with Crippen LogP contribution in [0.5, 0.6) is 0 Å². The Balaban J connectivity index is 1.96. The van der Waals surface area contributed by atoms with E-state index in [0.717, 1.165) is 31.6 Å². The van der Waals surface area contributed by atoms with Crippen LogP contribution in [0.15, 0.2) is 18.3 Å². The predicted octanol–water partition coefficient (Wildman–Crippen LogP) is 2.67. The van der Waals surface area contributed by atoms with E-state index < -0.39 is 0 Å². The highest BCUT2D eigenvalue weighted by molar-refractivity contribution is 5.92. The summed E-state index contributed by atoms with van der Waals surface area (Å²) in [4.78, 5) is 18.3. The minimum absolute atomic E-state index is 0.115. The molecule has 0 atom stereocenters. The molecule has 1 saturated carbocycles. The van der Waals surface area contributed by atoms with Crippen LogP contribution in [-0.4, -0.2) is 24.0 Å². The van der Waals surface area contributed by atoms with Gasteiger partial charge >= 0.3 is 0 Å². The molecular weight excluding hydrogens is 226 g/mol. The summed E-state index contributed by atoms with van der Waals surface area (Å²) >= 11 is 0. The summed E-state index contributed by atoms with van der Waals surface area (Å²) in [7, 11) is 0. The molecular formula is C14H21N3O. The van der Waals surface area contributed by atoms with Crippen LogP contribution < -0.4 is 10.2 Å². The van der Waals surface area contributed by atoms with Crippen LogP contribution in [0.4, 0.5) is 11.5 Å². The van der Waals surface area contributed by atoms with Crippen molar-refractivity contribution in [1.82, 2.24) is 4.98 Å². The Morgan fingerprint density at radius 3 is 2.56 bits per heavy atom. The van der Waals surface area contributed by atoms with Crippen LogP contribution >= 0.6 is 0 Å². The van der Waals surface area contributed by atoms with E-state index in [1.54, 1.807) is 0 Å². The fourth-order valence-corrected chi connectivity index (χ4v) is 2.13. The number of nitrogens with one attached hydrogen (secondary N) is 1. The maximum Gasteiger partial charge on any atom is 0.228 e. The Morgan fingerprint density at radius 2 is 2.11 bits per heavy atom. The maximum atomic E-state index is 11.8. The first-order valence-corrected chi connectivity index (χ1v) is 6.76. The molecule has 1 aromatic rings. The van der Waals surface area contributed by atoms with Gasteiger partial charge < -0.3 is 10.2 Å². The Bertz CT molecular complexity index is 394. The fraction of sp³-hybridized carbons (Fsp3) is 0.571. The quantitative estimate of drug-likeness (QED) is 0.870. The van der Waals surface area contributed by atoms with E-state index in [-0.39, 0.29) is 11.8 Å². The maximum absolute atomic E-state index is 11.8. The summed E-state index contributed by atoms with van der Waals surface area (Å²) in [5, 5.41) is 2.88. The van der Waals surface area contributed by atoms with Gasteiger partial charge in [0.15, 0.2) is 0 Å². The number of hydrogen-bond donors (Lipinski definition) is 1. The Hall–Kier alpha value is -1.58. The molecule has 1 fully saturated rings. The van der Waals surface area contributed by atoms with Crippen molar-refractivity contribution in [3.8, 4) is 0 Å². The average molecular weight is 247 g/mol. The summed E-state index contributed by atoms with van der Waals surface area (Å²) in [5.74, 6) is 0.974. The van der Waals surface area contributed by atoms with Gasteiger partial charge in [0.2, 0.25) is 5.91 Å². The van der Waals surface area contributed by atoms with E-state index in [1.165, 1.54) is 6.42 Å². The third kappa shape index (κ3) is 2.81. The van der Waals surface area contributed by atoms with Gasteiger partial charge in [0.05, 0.1) is 11.9 Å². The van der Waals surface area contributed by atoms with Gasteiger partial charge in [0, 0.05) is 19.0 Å². The number of carbonyl (C=O) groups excluding carboxylic acids is 1. The van der Waals surface area contributed by atoms with E-state index >= 15 is 0 Å². The molecule has 1 N–H and O–H groups in total. The molecule has 2 rings (SSSR count). The van der Waals surface area contributed by atoms with Crippen LogP contribution in [0, 0.1) is 5.92 Å². The Labute approximate surface area is 108 Å². The highest BCUT2D eigenvalue weighted by Crippen LogP contribution is 2.27. The van der Waals surface area contributed by atoms with Crippen LogP contribution in [0.3, 0.4) is 0 Å². The van der Waals surface area contributed by atoms with E-state index in [9.17, 15) is 4.79 Å². The van der Waals surface area contributed by atoms with Gasteiger partial charge in [-0.2, -0.15) is 0 Å². The van der Waals surface area contributed by atoms with Crippen molar-refractivity contribution in [2.24, 2.45) is 5.92 Å². The summed E-state index contributed by atoms with van der Waals surface area (Å²) in [5.41, 5.74) is 1.10. The Morgan fingerprint density at radius 1 is 1.39 bits per heavy atom. The number of carbonyl (C=O) groups is 1. The molecule has 4 heteroatoms. The smallest absolute Gasteiger partial charge is 0.228 e. The molecule has 0 aromatic carbocycles. The van der Waals surface area contributed by atoms with Gasteiger partial charge in [-0.25, -0.2) is 4.98 Å². The second-order valence-electron chi connectivity index (χ2n) is 4.69. The molecule has 1 heterocycles. The molecule has 1 aliphatic carbocycles. The summed E-state index contributed by atoms with van der Waals surface area (Å²) < 4.78 is 0. The van der Waals surface area contributed by atoms with E-state index in [0.29, 0.717) is 5.82 Å². The molecule has 0 aliphatic heterocycles. The van der Waals surface area contributed by atoms with Crippen molar-refractivity contribution in [3.05, 3.63) is 18.3 Å². The molecule has 0 unspecified atom stereocenters. The molecule has 0 radical (unpaired) electrons. The lowest BCUT2D eigenvalue weighted by Crippen LogP contribution is -2.28. The molecule has 0 saturated heterocycles. The summed E-state index contributed by atoms with van der Waals surface area (Å²) in [6.07, 6.45) is 5.03. The lowest BCUT2D eigenvalue weighted by atomic mass is 9.85. The second-order valence-corrected chi connectivity index (χ2v) is 4.69. The molecule has 18 heavy (non-hydrogen) atoms. The topological polar surface area (TPSA) is 45.2 Å². The zero-order valence-corrected chi connectivity index (χ0v) is 11.1. The van der Waals surface area contributed by atoms with Gasteiger partial charge in [-0.15, -0.1) is 0 Å². The van der Waals surface area contributed by atoms with Crippen LogP contribution in [0.1, 0.15) is 33.1 Å². The third-order valence-electron chi connectivity index (χ3n) is 3.60. The lowest BCUT2D eigenvalue weighted by Gasteiger charge is -2.24. The molecule has 1 amide bonds. The minimum atomic E-state index is 0.115. The first kappa shape index (κ1) is 12.9. The molecule has 1 aromatic heterocycles. The van der Waals surface area contributed by atoms with E-state index in [1.807, 2.05) is 18.3 Å². The van der Waals surface area contributed by atoms with E-state index in [4.69, 9.17) is 0 Å². The number of anilines is 2. The molecule has 1 aliphatic rings. The minimum Gasteiger partial charge on any atom is -0.371 e. The normalized spacial score (nSPS) is 15.0. The monoisotopic (exact) mass is 247 g/mol. The van der Waals surface area contributed by atoms with Gasteiger partial charge in [0.1, 0.15) is 5.82 Å². The van der Waals surface area contributed by atoms with Gasteiger partial charge in [-0.3, -0.25) is 4.79 Å². The summed E-state index contributed by atoms with van der Waals surface area (Å²) in [6, 6.07) is 3.89. The van der Waals surface area contributed by atoms with Gasteiger partial charge in [-0.1, -0.05) is 6.42 Å². The van der Waals surface area contributed by atoms with Crippen molar-refractivity contribution < 1.29 is 4.79 Å². The Kier molecular flexibility index (Phi) is 4.18. The zero-order valence-electron chi connectivity index (χ0n) is 11.1. The number of aromatic nitrogens is 1. The molecule has 4 nitrogen and oxygen atoms in total. The number of nitrogens with zero attached hydrogens (tertiary/aromatic N) is 2. The third-order valence-corrected chi connectivity index (χ3v) is 3.60. The first-order valence-electron chi connectivity index (χ1n) is 6.76. The van der Waals surface area contributed by atoms with Crippen molar-refractivity contribution >= 4 is 17.4 Å².